The van der Waals surface area contributed by atoms with Crippen LogP contribution in [0.25, 0.3) is 21.1 Å². The van der Waals surface area contributed by atoms with Crippen LogP contribution in [-0.2, 0) is 16.0 Å². The van der Waals surface area contributed by atoms with Gasteiger partial charge in [-0.25, -0.2) is 9.97 Å². The number of nitrogens with one attached hydrogen (secondary N) is 2. The van der Waals surface area contributed by atoms with Crippen molar-refractivity contribution in [3.05, 3.63) is 71.4 Å². The van der Waals surface area contributed by atoms with Gasteiger partial charge >= 0.3 is 0 Å². The third-order valence-electron chi connectivity index (χ3n) is 7.23. The average Bonchev–Trinajstić information content (AvgIpc) is 3.63. The second-order valence-electron chi connectivity index (χ2n) is 9.62. The summed E-state index contributed by atoms with van der Waals surface area (Å²) in [4.78, 5) is 15.5. The number of nitrogens with zero attached hydrogens (tertiary/aromatic N) is 5. The van der Waals surface area contributed by atoms with Crippen LogP contribution in [0, 0.1) is 0 Å². The zero-order valence-electron chi connectivity index (χ0n) is 21.0. The van der Waals surface area contributed by atoms with Gasteiger partial charge < -0.3 is 24.6 Å². The van der Waals surface area contributed by atoms with Crippen molar-refractivity contribution in [3.8, 4) is 0 Å². The lowest BCUT2D eigenvalue weighted by Gasteiger charge is -2.33. The standard InChI is InChI=1S/C28H29N7O2S/c1-2-22(23-16-31-33-24(23)3-1)26-18-35(10-13-37-26)28-30-17-27-25(32-28)14-21(38-27)15-29-19-4-6-20(7-5-19)34-8-11-36-12-9-34/h1-7,14,16-17,26,29H,8-13,15,18H2,(H,31,33). The monoisotopic (exact) mass is 527 g/mol. The Morgan fingerprint density at radius 1 is 1.00 bits per heavy atom. The first kappa shape index (κ1) is 23.4. The SMILES string of the molecule is c1cc(C2CN(c3ncc4sc(CNc5ccc(N6CCOCC6)cc5)cc4n3)CCO2)c2cn[nH]c2c1. The Kier molecular flexibility index (Phi) is 6.28. The van der Waals surface area contributed by atoms with Gasteiger partial charge in [-0.2, -0.15) is 5.10 Å². The number of morpholine rings is 2. The first-order valence-electron chi connectivity index (χ1n) is 13.0. The maximum absolute atomic E-state index is 6.15. The van der Waals surface area contributed by atoms with E-state index in [1.54, 1.807) is 11.3 Å². The van der Waals surface area contributed by atoms with Crippen molar-refractivity contribution >= 4 is 49.8 Å². The van der Waals surface area contributed by atoms with Gasteiger partial charge in [0.1, 0.15) is 6.10 Å². The van der Waals surface area contributed by atoms with E-state index >= 15 is 0 Å². The molecule has 0 radical (unpaired) electrons. The number of hydrogen-bond donors (Lipinski definition) is 2. The fourth-order valence-corrected chi connectivity index (χ4v) is 6.12. The number of fused-ring (bicyclic) bond motifs is 2. The number of thiophene rings is 1. The van der Waals surface area contributed by atoms with Gasteiger partial charge in [-0.05, 0) is 42.0 Å². The number of anilines is 3. The Morgan fingerprint density at radius 2 is 1.87 bits per heavy atom. The van der Waals surface area contributed by atoms with E-state index in [-0.39, 0.29) is 6.10 Å². The van der Waals surface area contributed by atoms with Gasteiger partial charge in [0, 0.05) is 47.8 Å². The highest BCUT2D eigenvalue weighted by Crippen LogP contribution is 2.31. The van der Waals surface area contributed by atoms with E-state index in [2.05, 4.69) is 61.7 Å². The van der Waals surface area contributed by atoms with Crippen LogP contribution >= 0.6 is 11.3 Å². The molecule has 9 nitrogen and oxygen atoms in total. The molecule has 0 saturated carbocycles. The molecule has 1 atom stereocenters. The Labute approximate surface area is 224 Å². The van der Waals surface area contributed by atoms with Gasteiger partial charge in [0.25, 0.3) is 0 Å². The lowest BCUT2D eigenvalue weighted by Crippen LogP contribution is -2.39. The first-order chi connectivity index (χ1) is 18.8. The third kappa shape index (κ3) is 4.66. The van der Waals surface area contributed by atoms with E-state index in [9.17, 15) is 0 Å². The zero-order valence-corrected chi connectivity index (χ0v) is 21.8. The van der Waals surface area contributed by atoms with Crippen LogP contribution in [0.1, 0.15) is 16.5 Å². The average molecular weight is 528 g/mol. The molecule has 0 spiro atoms. The molecule has 0 aliphatic carbocycles. The summed E-state index contributed by atoms with van der Waals surface area (Å²) in [5.41, 5.74) is 5.50. The minimum atomic E-state index is -0.0544. The summed E-state index contributed by atoms with van der Waals surface area (Å²) in [7, 11) is 0. The van der Waals surface area contributed by atoms with Crippen molar-refractivity contribution < 1.29 is 9.47 Å². The van der Waals surface area contributed by atoms with E-state index < -0.39 is 0 Å². The molecule has 194 valence electrons. The molecule has 2 aromatic carbocycles. The summed E-state index contributed by atoms with van der Waals surface area (Å²) in [6.07, 6.45) is 3.76. The molecule has 5 heterocycles. The quantitative estimate of drug-likeness (QED) is 0.331. The predicted molar refractivity (Wildman–Crippen MR) is 151 cm³/mol. The van der Waals surface area contributed by atoms with Crippen LogP contribution in [0.2, 0.25) is 0 Å². The molecule has 2 aliphatic heterocycles. The molecule has 7 rings (SSSR count). The Balaban J connectivity index is 1.03. The van der Waals surface area contributed by atoms with Crippen molar-refractivity contribution in [2.75, 3.05) is 61.1 Å². The summed E-state index contributed by atoms with van der Waals surface area (Å²) >= 11 is 1.73. The first-order valence-corrected chi connectivity index (χ1v) is 13.8. The van der Waals surface area contributed by atoms with E-state index in [0.717, 1.165) is 77.7 Å². The van der Waals surface area contributed by atoms with Crippen molar-refractivity contribution in [1.82, 2.24) is 20.2 Å². The molecule has 2 saturated heterocycles. The second-order valence-corrected chi connectivity index (χ2v) is 10.8. The summed E-state index contributed by atoms with van der Waals surface area (Å²) < 4.78 is 12.7. The van der Waals surface area contributed by atoms with Crippen LogP contribution < -0.4 is 15.1 Å². The third-order valence-corrected chi connectivity index (χ3v) is 8.29. The highest BCUT2D eigenvalue weighted by molar-refractivity contribution is 7.19. The molecule has 10 heteroatoms. The van der Waals surface area contributed by atoms with Crippen LogP contribution in [0.5, 0.6) is 0 Å². The molecule has 2 N–H and O–H groups in total. The number of ether oxygens (including phenoxy) is 2. The topological polar surface area (TPSA) is 91.4 Å². The summed E-state index contributed by atoms with van der Waals surface area (Å²) in [6, 6.07) is 17.0. The Hall–Kier alpha value is -3.73. The van der Waals surface area contributed by atoms with Crippen LogP contribution in [0.15, 0.2) is 60.9 Å². The fourth-order valence-electron chi connectivity index (χ4n) is 5.21. The molecule has 2 aliphatic rings. The highest BCUT2D eigenvalue weighted by Gasteiger charge is 2.25. The van der Waals surface area contributed by atoms with E-state index in [1.165, 1.54) is 10.6 Å². The molecular weight excluding hydrogens is 498 g/mol. The number of hydrogen-bond acceptors (Lipinski definition) is 9. The Morgan fingerprint density at radius 3 is 2.76 bits per heavy atom. The van der Waals surface area contributed by atoms with Crippen LogP contribution in [0.3, 0.4) is 0 Å². The van der Waals surface area contributed by atoms with Gasteiger partial charge in [-0.15, -0.1) is 11.3 Å². The molecule has 3 aromatic heterocycles. The number of H-pyrrole nitrogens is 1. The maximum Gasteiger partial charge on any atom is 0.226 e. The molecule has 2 fully saturated rings. The minimum Gasteiger partial charge on any atom is -0.380 e. The molecule has 1 unspecified atom stereocenters. The van der Waals surface area contributed by atoms with Crippen LogP contribution in [0.4, 0.5) is 17.3 Å². The molecule has 5 aromatic rings. The summed E-state index contributed by atoms with van der Waals surface area (Å²) in [5, 5.41) is 11.9. The Bertz CT molecular complexity index is 1540. The number of benzene rings is 2. The van der Waals surface area contributed by atoms with Crippen molar-refractivity contribution in [2.45, 2.75) is 12.6 Å². The van der Waals surface area contributed by atoms with E-state index in [4.69, 9.17) is 19.4 Å². The molecular formula is C28H29N7O2S. The van der Waals surface area contributed by atoms with Gasteiger partial charge in [-0.1, -0.05) is 12.1 Å². The second kappa shape index (κ2) is 10.2. The van der Waals surface area contributed by atoms with E-state index in [0.29, 0.717) is 13.2 Å². The van der Waals surface area contributed by atoms with Gasteiger partial charge in [0.2, 0.25) is 5.95 Å². The summed E-state index contributed by atoms with van der Waals surface area (Å²) in [5.74, 6) is 0.751. The molecule has 0 amide bonds. The summed E-state index contributed by atoms with van der Waals surface area (Å²) in [6.45, 7) is 6.34. The van der Waals surface area contributed by atoms with Gasteiger partial charge in [0.05, 0.1) is 54.5 Å². The van der Waals surface area contributed by atoms with Gasteiger partial charge in [0.15, 0.2) is 0 Å². The van der Waals surface area contributed by atoms with Crippen molar-refractivity contribution in [3.63, 3.8) is 0 Å². The lowest BCUT2D eigenvalue weighted by atomic mass is 10.0. The molecule has 38 heavy (non-hydrogen) atoms. The van der Waals surface area contributed by atoms with Gasteiger partial charge in [-0.3, -0.25) is 5.10 Å². The largest absolute Gasteiger partial charge is 0.380 e. The smallest absolute Gasteiger partial charge is 0.226 e. The van der Waals surface area contributed by atoms with Crippen molar-refractivity contribution in [1.29, 1.82) is 0 Å². The maximum atomic E-state index is 6.15. The highest BCUT2D eigenvalue weighted by atomic mass is 32.1. The number of aromatic amines is 1. The molecule has 0 bridgehead atoms. The number of aromatic nitrogens is 4. The number of rotatable bonds is 6. The van der Waals surface area contributed by atoms with Crippen molar-refractivity contribution in [2.24, 2.45) is 0 Å². The van der Waals surface area contributed by atoms with Crippen LogP contribution in [-0.4, -0.2) is 66.2 Å². The fraction of sp³-hybridized carbons (Fsp3) is 0.321. The minimum absolute atomic E-state index is 0.0544. The zero-order chi connectivity index (χ0) is 25.3. The lowest BCUT2D eigenvalue weighted by molar-refractivity contribution is 0.0402. The predicted octanol–water partition coefficient (Wildman–Crippen LogP) is 4.59. The van der Waals surface area contributed by atoms with E-state index in [1.807, 2.05) is 24.5 Å². The normalized spacial score (nSPS) is 18.4.